The lowest BCUT2D eigenvalue weighted by molar-refractivity contribution is 0.0950. The summed E-state index contributed by atoms with van der Waals surface area (Å²) in [6.07, 6.45) is 1.51. The second kappa shape index (κ2) is 5.77. The number of carbonyl (C=O) groups excluding carboxylic acids is 1. The quantitative estimate of drug-likeness (QED) is 0.830. The van der Waals surface area contributed by atoms with Crippen molar-refractivity contribution in [1.82, 2.24) is 4.57 Å². The molecule has 104 valence electrons. The van der Waals surface area contributed by atoms with E-state index < -0.39 is 17.5 Å². The molecule has 0 saturated carbocycles. The molecule has 0 aliphatic carbocycles. The van der Waals surface area contributed by atoms with Crippen LogP contribution < -0.4 is 5.49 Å². The fourth-order valence-corrected chi connectivity index (χ4v) is 1.77. The number of carbonyl (C=O) groups is 1. The van der Waals surface area contributed by atoms with E-state index in [9.17, 15) is 13.6 Å². The molecule has 20 heavy (non-hydrogen) atoms. The molecule has 1 aromatic heterocycles. The van der Waals surface area contributed by atoms with E-state index in [1.54, 1.807) is 18.2 Å². The van der Waals surface area contributed by atoms with Gasteiger partial charge >= 0.3 is 0 Å². The van der Waals surface area contributed by atoms with Gasteiger partial charge in [0, 0.05) is 18.3 Å². The van der Waals surface area contributed by atoms with Crippen molar-refractivity contribution < 1.29 is 13.6 Å². The molecule has 0 atom stereocenters. The van der Waals surface area contributed by atoms with E-state index in [1.165, 1.54) is 10.8 Å². The van der Waals surface area contributed by atoms with Crippen LogP contribution in [0.15, 0.2) is 47.6 Å². The van der Waals surface area contributed by atoms with Gasteiger partial charge in [-0.05, 0) is 38.1 Å². The fourth-order valence-electron chi connectivity index (χ4n) is 1.77. The maximum atomic E-state index is 13.7. The Morgan fingerprint density at radius 3 is 2.60 bits per heavy atom. The van der Waals surface area contributed by atoms with Gasteiger partial charge in [-0.3, -0.25) is 14.4 Å². The third-order valence-electron chi connectivity index (χ3n) is 2.61. The molecule has 0 unspecified atom stereocenters. The van der Waals surface area contributed by atoms with Crippen molar-refractivity contribution in [3.05, 3.63) is 65.3 Å². The lowest BCUT2D eigenvalue weighted by Crippen LogP contribution is -2.28. The fraction of sp³-hybridized carbons (Fsp3) is 0.200. The summed E-state index contributed by atoms with van der Waals surface area (Å²) >= 11 is 0. The lowest BCUT2D eigenvalue weighted by atomic mass is 10.2. The summed E-state index contributed by atoms with van der Waals surface area (Å²) in [5.74, 6) is -2.19. The summed E-state index contributed by atoms with van der Waals surface area (Å²) < 4.78 is 27.8. The second-order valence-corrected chi connectivity index (χ2v) is 4.58. The number of hydrogen-bond donors (Lipinski definition) is 0. The number of benzene rings is 1. The summed E-state index contributed by atoms with van der Waals surface area (Å²) in [6.45, 7) is 3.75. The topological polar surface area (TPSA) is 34.4 Å². The Kier molecular flexibility index (Phi) is 4.08. The highest BCUT2D eigenvalue weighted by Gasteiger charge is 2.14. The molecule has 0 aliphatic rings. The molecule has 0 N–H and O–H groups in total. The number of pyridine rings is 1. The highest BCUT2D eigenvalue weighted by atomic mass is 19.1. The maximum Gasteiger partial charge on any atom is 0.266 e. The monoisotopic (exact) mass is 276 g/mol. The van der Waals surface area contributed by atoms with E-state index >= 15 is 0 Å². The maximum absolute atomic E-state index is 13.7. The van der Waals surface area contributed by atoms with Crippen LogP contribution in [0.1, 0.15) is 24.2 Å². The minimum absolute atomic E-state index is 0.00508. The van der Waals surface area contributed by atoms with Crippen LogP contribution in [-0.2, 0) is 0 Å². The lowest BCUT2D eigenvalue weighted by Gasteiger charge is -2.08. The molecular formula is C15H14F2N2O. The van der Waals surface area contributed by atoms with Gasteiger partial charge in [0.25, 0.3) is 5.91 Å². The van der Waals surface area contributed by atoms with Gasteiger partial charge < -0.3 is 0 Å². The van der Waals surface area contributed by atoms with Crippen molar-refractivity contribution in [3.63, 3.8) is 0 Å². The second-order valence-electron chi connectivity index (χ2n) is 4.58. The van der Waals surface area contributed by atoms with Crippen LogP contribution in [0.4, 0.5) is 8.78 Å². The van der Waals surface area contributed by atoms with Crippen LogP contribution in [0.25, 0.3) is 0 Å². The minimum atomic E-state index is -0.887. The zero-order chi connectivity index (χ0) is 14.7. The normalized spacial score (nSPS) is 11.9. The zero-order valence-electron chi connectivity index (χ0n) is 11.2. The van der Waals surface area contributed by atoms with Gasteiger partial charge in [-0.25, -0.2) is 8.78 Å². The smallest absolute Gasteiger partial charge is 0.266 e. The summed E-state index contributed by atoms with van der Waals surface area (Å²) in [6, 6.07) is 7.93. The Hall–Kier alpha value is -2.30. The van der Waals surface area contributed by atoms with Crippen LogP contribution >= 0.6 is 0 Å². The predicted molar refractivity (Wildman–Crippen MR) is 71.2 cm³/mol. The van der Waals surface area contributed by atoms with Crippen molar-refractivity contribution in [2.24, 2.45) is 4.99 Å². The molecule has 0 fully saturated rings. The van der Waals surface area contributed by atoms with Gasteiger partial charge in [0.2, 0.25) is 0 Å². The molecular weight excluding hydrogens is 262 g/mol. The van der Waals surface area contributed by atoms with Crippen LogP contribution in [0.3, 0.4) is 0 Å². The third-order valence-corrected chi connectivity index (χ3v) is 2.61. The van der Waals surface area contributed by atoms with E-state index in [1.807, 2.05) is 13.8 Å². The van der Waals surface area contributed by atoms with Crippen molar-refractivity contribution in [2.75, 3.05) is 0 Å². The van der Waals surface area contributed by atoms with Crippen molar-refractivity contribution in [2.45, 2.75) is 19.9 Å². The Labute approximate surface area is 115 Å². The van der Waals surface area contributed by atoms with Crippen LogP contribution in [0, 0.1) is 11.6 Å². The molecule has 0 saturated heterocycles. The molecule has 1 aromatic carbocycles. The molecule has 2 aromatic rings. The van der Waals surface area contributed by atoms with Crippen molar-refractivity contribution in [3.8, 4) is 0 Å². The first-order chi connectivity index (χ1) is 9.49. The molecule has 0 amide bonds. The molecule has 0 bridgehead atoms. The van der Waals surface area contributed by atoms with Crippen LogP contribution in [0.5, 0.6) is 0 Å². The van der Waals surface area contributed by atoms with E-state index in [-0.39, 0.29) is 11.6 Å². The Bertz CT molecular complexity index is 705. The van der Waals surface area contributed by atoms with Gasteiger partial charge in [-0.2, -0.15) is 0 Å². The first-order valence-electron chi connectivity index (χ1n) is 6.20. The molecule has 3 nitrogen and oxygen atoms in total. The first-order valence-corrected chi connectivity index (χ1v) is 6.20. The van der Waals surface area contributed by atoms with E-state index in [2.05, 4.69) is 4.99 Å². The average molecular weight is 276 g/mol. The number of aromatic nitrogens is 1. The molecule has 0 radical (unpaired) electrons. The van der Waals surface area contributed by atoms with Crippen LogP contribution in [-0.4, -0.2) is 16.5 Å². The Morgan fingerprint density at radius 2 is 1.95 bits per heavy atom. The average Bonchev–Trinajstić information content (AvgIpc) is 2.38. The molecule has 5 heteroatoms. The molecule has 1 heterocycles. The van der Waals surface area contributed by atoms with Gasteiger partial charge in [-0.15, -0.1) is 0 Å². The van der Waals surface area contributed by atoms with E-state index in [4.69, 9.17) is 0 Å². The van der Waals surface area contributed by atoms with E-state index in [0.717, 1.165) is 12.1 Å². The van der Waals surface area contributed by atoms with Crippen molar-refractivity contribution >= 4 is 5.91 Å². The number of nitrogens with zero attached hydrogens (tertiary/aromatic N) is 2. The Morgan fingerprint density at radius 1 is 1.20 bits per heavy atom. The van der Waals surface area contributed by atoms with Gasteiger partial charge in [-0.1, -0.05) is 6.07 Å². The number of halogens is 2. The van der Waals surface area contributed by atoms with E-state index in [0.29, 0.717) is 11.6 Å². The highest BCUT2D eigenvalue weighted by molar-refractivity contribution is 5.96. The SMILES string of the molecule is CC(C)N=c1ccccn1C(=O)c1ccc(F)cc1F. The van der Waals surface area contributed by atoms with Gasteiger partial charge in [0.15, 0.2) is 0 Å². The number of hydrogen-bond acceptors (Lipinski definition) is 2. The largest absolute Gasteiger partial charge is 0.268 e. The Balaban J connectivity index is 2.54. The summed E-state index contributed by atoms with van der Waals surface area (Å²) in [5.41, 5.74) is 0.235. The van der Waals surface area contributed by atoms with Gasteiger partial charge in [0.05, 0.1) is 5.56 Å². The molecule has 2 rings (SSSR count). The first kappa shape index (κ1) is 14.1. The summed E-state index contributed by atoms with van der Waals surface area (Å²) in [5, 5.41) is 0. The van der Waals surface area contributed by atoms with Crippen molar-refractivity contribution in [1.29, 1.82) is 0 Å². The zero-order valence-corrected chi connectivity index (χ0v) is 11.2. The number of rotatable bonds is 2. The van der Waals surface area contributed by atoms with Gasteiger partial charge in [0.1, 0.15) is 17.1 Å². The highest BCUT2D eigenvalue weighted by Crippen LogP contribution is 2.10. The summed E-state index contributed by atoms with van der Waals surface area (Å²) in [7, 11) is 0. The van der Waals surface area contributed by atoms with Crippen LogP contribution in [0.2, 0.25) is 0 Å². The molecule has 0 spiro atoms. The third kappa shape index (κ3) is 2.99. The minimum Gasteiger partial charge on any atom is -0.268 e. The molecule has 0 aliphatic heterocycles. The standard InChI is InChI=1S/C15H14F2N2O/c1-10(2)18-14-5-3-4-8-19(14)15(20)12-7-6-11(16)9-13(12)17/h3-10H,1-2H3. The predicted octanol–water partition coefficient (Wildman–Crippen LogP) is 2.76. The summed E-state index contributed by atoms with van der Waals surface area (Å²) in [4.78, 5) is 16.6.